The Balaban J connectivity index is 1.48. The Bertz CT molecular complexity index is 573. The van der Waals surface area contributed by atoms with Crippen LogP contribution in [0.2, 0.25) is 0 Å². The highest BCUT2D eigenvalue weighted by Crippen LogP contribution is 2.46. The highest BCUT2D eigenvalue weighted by Gasteiger charge is 2.55. The molecule has 5 nitrogen and oxygen atoms in total. The highest BCUT2D eigenvalue weighted by atomic mass is 16.5. The number of likely N-dealkylation sites (tertiary alicyclic amines) is 2. The Kier molecular flexibility index (Phi) is 3.85. The predicted molar refractivity (Wildman–Crippen MR) is 86.7 cm³/mol. The summed E-state index contributed by atoms with van der Waals surface area (Å²) in [7, 11) is 0. The molecule has 5 heteroatoms. The van der Waals surface area contributed by atoms with Crippen molar-refractivity contribution in [3.63, 3.8) is 0 Å². The molecule has 0 radical (unpaired) electrons. The topological polar surface area (TPSA) is 45.7 Å². The molecule has 4 heterocycles. The minimum Gasteiger partial charge on any atom is -0.380 e. The average molecular weight is 315 g/mol. The number of hydrogen-bond acceptors (Lipinski definition) is 4. The quantitative estimate of drug-likeness (QED) is 0.849. The van der Waals surface area contributed by atoms with Crippen LogP contribution >= 0.6 is 0 Å². The Morgan fingerprint density at radius 2 is 2.39 bits per heavy atom. The first-order chi connectivity index (χ1) is 11.2. The van der Waals surface area contributed by atoms with Gasteiger partial charge in [-0.05, 0) is 30.4 Å². The van der Waals surface area contributed by atoms with Gasteiger partial charge in [-0.2, -0.15) is 0 Å². The van der Waals surface area contributed by atoms with E-state index >= 15 is 0 Å². The molecule has 1 aromatic heterocycles. The third-order valence-electron chi connectivity index (χ3n) is 6.00. The van der Waals surface area contributed by atoms with Crippen LogP contribution in [0, 0.1) is 11.3 Å². The van der Waals surface area contributed by atoms with Crippen molar-refractivity contribution in [2.24, 2.45) is 11.3 Å². The van der Waals surface area contributed by atoms with E-state index in [1.54, 1.807) is 6.20 Å². The van der Waals surface area contributed by atoms with Crippen molar-refractivity contribution in [1.82, 2.24) is 14.8 Å². The average Bonchev–Trinajstić information content (AvgIpc) is 3.26. The van der Waals surface area contributed by atoms with Gasteiger partial charge in [0.15, 0.2) is 0 Å². The summed E-state index contributed by atoms with van der Waals surface area (Å²) in [4.78, 5) is 21.8. The van der Waals surface area contributed by atoms with Gasteiger partial charge < -0.3 is 9.64 Å². The van der Waals surface area contributed by atoms with Gasteiger partial charge >= 0.3 is 0 Å². The molecule has 0 unspecified atom stereocenters. The predicted octanol–water partition coefficient (Wildman–Crippen LogP) is 1.54. The molecule has 0 aliphatic carbocycles. The lowest BCUT2D eigenvalue weighted by molar-refractivity contribution is -0.137. The van der Waals surface area contributed by atoms with Gasteiger partial charge in [0.05, 0.1) is 12.0 Å². The van der Waals surface area contributed by atoms with Crippen molar-refractivity contribution in [2.45, 2.75) is 32.4 Å². The van der Waals surface area contributed by atoms with Crippen molar-refractivity contribution in [2.75, 3.05) is 32.8 Å². The van der Waals surface area contributed by atoms with Crippen molar-refractivity contribution >= 4 is 5.91 Å². The van der Waals surface area contributed by atoms with Gasteiger partial charge in [-0.3, -0.25) is 14.7 Å². The van der Waals surface area contributed by atoms with E-state index in [1.165, 1.54) is 0 Å². The maximum atomic E-state index is 13.2. The van der Waals surface area contributed by atoms with Crippen LogP contribution in [-0.2, 0) is 16.1 Å². The van der Waals surface area contributed by atoms with E-state index in [0.29, 0.717) is 24.4 Å². The summed E-state index contributed by atoms with van der Waals surface area (Å²) in [5.41, 5.74) is 0.940. The Morgan fingerprint density at radius 1 is 1.48 bits per heavy atom. The van der Waals surface area contributed by atoms with Crippen molar-refractivity contribution < 1.29 is 9.53 Å². The molecule has 3 saturated heterocycles. The molecule has 0 saturated carbocycles. The third-order valence-corrected chi connectivity index (χ3v) is 6.00. The van der Waals surface area contributed by atoms with E-state index in [2.05, 4.69) is 16.8 Å². The molecular formula is C18H25N3O2. The third kappa shape index (κ3) is 2.56. The van der Waals surface area contributed by atoms with Crippen LogP contribution in [0.3, 0.4) is 0 Å². The number of ether oxygens (including phenoxy) is 1. The van der Waals surface area contributed by atoms with Crippen molar-refractivity contribution in [1.29, 1.82) is 0 Å². The normalized spacial score (nSPS) is 34.8. The molecular weight excluding hydrogens is 290 g/mol. The smallest absolute Gasteiger partial charge is 0.230 e. The van der Waals surface area contributed by atoms with Gasteiger partial charge in [-0.25, -0.2) is 0 Å². The van der Waals surface area contributed by atoms with E-state index in [-0.39, 0.29) is 5.41 Å². The second kappa shape index (κ2) is 5.87. The molecule has 3 fully saturated rings. The summed E-state index contributed by atoms with van der Waals surface area (Å²) in [5.74, 6) is 0.768. The summed E-state index contributed by atoms with van der Waals surface area (Å²) < 4.78 is 5.54. The molecule has 23 heavy (non-hydrogen) atoms. The van der Waals surface area contributed by atoms with Crippen LogP contribution in [0.15, 0.2) is 24.5 Å². The van der Waals surface area contributed by atoms with Gasteiger partial charge in [-0.1, -0.05) is 13.0 Å². The highest BCUT2D eigenvalue weighted by molar-refractivity contribution is 5.86. The first-order valence-corrected chi connectivity index (χ1v) is 8.69. The zero-order valence-electron chi connectivity index (χ0n) is 13.8. The monoisotopic (exact) mass is 315 g/mol. The van der Waals surface area contributed by atoms with E-state index in [0.717, 1.165) is 51.3 Å². The molecule has 124 valence electrons. The van der Waals surface area contributed by atoms with Crippen LogP contribution < -0.4 is 0 Å². The van der Waals surface area contributed by atoms with Gasteiger partial charge in [0.1, 0.15) is 0 Å². The van der Waals surface area contributed by atoms with Crippen molar-refractivity contribution in [3.05, 3.63) is 30.1 Å². The molecule has 4 rings (SSSR count). The molecule has 3 atom stereocenters. The summed E-state index contributed by atoms with van der Waals surface area (Å²) in [6.45, 7) is 7.44. The van der Waals surface area contributed by atoms with Crippen molar-refractivity contribution in [3.8, 4) is 0 Å². The lowest BCUT2D eigenvalue weighted by atomic mass is 9.78. The standard InChI is InChI=1S/C18H25N3O2/c1-14-10-21(16-4-8-23-12-16)13-18(14)5-7-20(17(18)22)11-15-3-2-6-19-9-15/h2-3,6,9,14,16H,4-5,7-8,10-13H2,1H3/t14-,16-,18-/m1/s1. The lowest BCUT2D eigenvalue weighted by Gasteiger charge is -2.28. The number of nitrogens with zero attached hydrogens (tertiary/aromatic N) is 3. The minimum absolute atomic E-state index is 0.176. The summed E-state index contributed by atoms with van der Waals surface area (Å²) in [5, 5.41) is 0. The largest absolute Gasteiger partial charge is 0.380 e. The van der Waals surface area contributed by atoms with Gasteiger partial charge in [-0.15, -0.1) is 0 Å². The zero-order valence-corrected chi connectivity index (χ0v) is 13.8. The Morgan fingerprint density at radius 3 is 3.13 bits per heavy atom. The number of rotatable bonds is 3. The molecule has 1 spiro atoms. The minimum atomic E-state index is -0.176. The maximum Gasteiger partial charge on any atom is 0.230 e. The number of amides is 1. The summed E-state index contributed by atoms with van der Waals surface area (Å²) >= 11 is 0. The number of carbonyl (C=O) groups is 1. The maximum absolute atomic E-state index is 13.2. The number of pyridine rings is 1. The molecule has 0 bridgehead atoms. The fourth-order valence-electron chi connectivity index (χ4n) is 4.52. The van der Waals surface area contributed by atoms with Gasteiger partial charge in [0.25, 0.3) is 0 Å². The Hall–Kier alpha value is -1.46. The number of aromatic nitrogens is 1. The van der Waals surface area contributed by atoms with E-state index in [9.17, 15) is 4.79 Å². The van der Waals surface area contributed by atoms with E-state index < -0.39 is 0 Å². The van der Waals surface area contributed by atoms with Crippen LogP contribution in [0.5, 0.6) is 0 Å². The van der Waals surface area contributed by atoms with E-state index in [1.807, 2.05) is 23.2 Å². The number of carbonyl (C=O) groups excluding carboxylic acids is 1. The summed E-state index contributed by atoms with van der Waals surface area (Å²) in [6.07, 6.45) is 5.73. The van der Waals surface area contributed by atoms with Gasteiger partial charge in [0, 0.05) is 51.2 Å². The lowest BCUT2D eigenvalue weighted by Crippen LogP contribution is -2.41. The van der Waals surface area contributed by atoms with Crippen LogP contribution in [0.4, 0.5) is 0 Å². The number of hydrogen-bond donors (Lipinski definition) is 0. The fourth-order valence-corrected chi connectivity index (χ4v) is 4.52. The first-order valence-electron chi connectivity index (χ1n) is 8.69. The van der Waals surface area contributed by atoms with Crippen LogP contribution in [-0.4, -0.2) is 59.6 Å². The SMILES string of the molecule is C[C@@H]1CN([C@@H]2CCOC2)C[C@]12CCN(Cc1cccnc1)C2=O. The molecule has 0 N–H and O–H groups in total. The first kappa shape index (κ1) is 15.1. The molecule has 1 amide bonds. The van der Waals surface area contributed by atoms with Crippen LogP contribution in [0.1, 0.15) is 25.3 Å². The fraction of sp³-hybridized carbons (Fsp3) is 0.667. The zero-order chi connectivity index (χ0) is 15.9. The Labute approximate surface area is 137 Å². The van der Waals surface area contributed by atoms with Crippen LogP contribution in [0.25, 0.3) is 0 Å². The molecule has 3 aliphatic rings. The van der Waals surface area contributed by atoms with E-state index in [4.69, 9.17) is 4.74 Å². The molecule has 1 aromatic rings. The molecule has 0 aromatic carbocycles. The second-order valence-corrected chi connectivity index (χ2v) is 7.34. The van der Waals surface area contributed by atoms with Gasteiger partial charge in [0.2, 0.25) is 5.91 Å². The summed E-state index contributed by atoms with van der Waals surface area (Å²) in [6, 6.07) is 4.49. The molecule has 3 aliphatic heterocycles. The second-order valence-electron chi connectivity index (χ2n) is 7.34.